The second kappa shape index (κ2) is 12.6. The Kier molecular flexibility index (Phi) is 8.96. The van der Waals surface area contributed by atoms with E-state index < -0.39 is 29.7 Å². The summed E-state index contributed by atoms with van der Waals surface area (Å²) in [6.07, 6.45) is -0.990. The number of hydrogen-bond acceptors (Lipinski definition) is 5. The minimum Gasteiger partial charge on any atom is -0.351 e. The number of anilines is 3. The molecule has 204 valence electrons. The Balaban J connectivity index is 1.69. The lowest BCUT2D eigenvalue weighted by Gasteiger charge is -2.30. The maximum absolute atomic E-state index is 14.2. The predicted octanol–water partition coefficient (Wildman–Crippen LogP) is 4.79. The number of carbonyl (C=O) groups excluding carboxylic acids is 3. The maximum atomic E-state index is 14.2. The first kappa shape index (κ1) is 27.8. The van der Waals surface area contributed by atoms with Crippen molar-refractivity contribution < 1.29 is 23.9 Å². The van der Waals surface area contributed by atoms with Gasteiger partial charge in [-0.2, -0.15) is 0 Å². The van der Waals surface area contributed by atoms with Crippen molar-refractivity contribution in [1.82, 2.24) is 5.32 Å². The number of ether oxygens (including phenoxy) is 2. The minimum absolute atomic E-state index is 0.0981. The van der Waals surface area contributed by atoms with Crippen molar-refractivity contribution in [2.24, 2.45) is 0 Å². The van der Waals surface area contributed by atoms with Crippen LogP contribution in [0.4, 0.5) is 21.9 Å². The Bertz CT molecular complexity index is 1290. The van der Waals surface area contributed by atoms with Gasteiger partial charge in [-0.25, -0.2) is 4.79 Å². The molecule has 0 spiro atoms. The standard InChI is InChI=1S/C30H34N4O5/c1-4-38-27(39-5-2)20-34-25-14-10-9-13-24(25)30(28(34)36,33-29(37)32-22-11-7-6-8-12-22)19-26(35)31-23-17-15-21(3)16-18-23/h6-18,27H,4-5,19-20H2,1-3H3,(H,31,35)(H2,32,33,37)/t30-/m0/s1. The van der Waals surface area contributed by atoms with Crippen LogP contribution in [-0.4, -0.2) is 43.9 Å². The number of carbonyl (C=O) groups is 3. The third kappa shape index (κ3) is 6.45. The van der Waals surface area contributed by atoms with Crippen molar-refractivity contribution in [2.75, 3.05) is 35.3 Å². The third-order valence-electron chi connectivity index (χ3n) is 6.42. The van der Waals surface area contributed by atoms with Crippen molar-refractivity contribution in [1.29, 1.82) is 0 Å². The summed E-state index contributed by atoms with van der Waals surface area (Å²) in [5.41, 5.74) is 1.64. The second-order valence-electron chi connectivity index (χ2n) is 9.21. The Morgan fingerprint density at radius 1 is 0.846 bits per heavy atom. The van der Waals surface area contributed by atoms with Gasteiger partial charge in [0.15, 0.2) is 11.8 Å². The van der Waals surface area contributed by atoms with Crippen LogP contribution in [0.5, 0.6) is 0 Å². The number of nitrogens with one attached hydrogen (secondary N) is 3. The summed E-state index contributed by atoms with van der Waals surface area (Å²) >= 11 is 0. The average molecular weight is 531 g/mol. The molecule has 1 heterocycles. The molecule has 4 amide bonds. The highest BCUT2D eigenvalue weighted by Crippen LogP contribution is 2.43. The highest BCUT2D eigenvalue weighted by molar-refractivity contribution is 6.12. The number of fused-ring (bicyclic) bond motifs is 1. The van der Waals surface area contributed by atoms with Crippen LogP contribution in [-0.2, 0) is 24.6 Å². The van der Waals surface area contributed by atoms with E-state index in [-0.39, 0.29) is 13.0 Å². The van der Waals surface area contributed by atoms with E-state index in [0.717, 1.165) is 5.56 Å². The van der Waals surface area contributed by atoms with E-state index in [1.807, 2.05) is 45.0 Å². The zero-order valence-corrected chi connectivity index (χ0v) is 22.4. The predicted molar refractivity (Wildman–Crippen MR) is 151 cm³/mol. The van der Waals surface area contributed by atoms with Crippen molar-refractivity contribution in [3.05, 3.63) is 90.0 Å². The molecule has 9 heteroatoms. The highest BCUT2D eigenvalue weighted by Gasteiger charge is 2.53. The molecule has 0 saturated carbocycles. The maximum Gasteiger partial charge on any atom is 0.320 e. The van der Waals surface area contributed by atoms with Gasteiger partial charge in [-0.3, -0.25) is 9.59 Å². The van der Waals surface area contributed by atoms with Crippen molar-refractivity contribution in [2.45, 2.75) is 39.0 Å². The number of amides is 4. The zero-order valence-electron chi connectivity index (χ0n) is 22.4. The van der Waals surface area contributed by atoms with Crippen molar-refractivity contribution in [3.8, 4) is 0 Å². The van der Waals surface area contributed by atoms with Crippen LogP contribution in [0.15, 0.2) is 78.9 Å². The van der Waals surface area contributed by atoms with Gasteiger partial charge < -0.3 is 30.3 Å². The van der Waals surface area contributed by atoms with Gasteiger partial charge >= 0.3 is 6.03 Å². The molecule has 0 fully saturated rings. The topological polar surface area (TPSA) is 109 Å². The number of rotatable bonds is 11. The molecular weight excluding hydrogens is 496 g/mol. The van der Waals surface area contributed by atoms with E-state index >= 15 is 0 Å². The molecule has 0 aromatic heterocycles. The summed E-state index contributed by atoms with van der Waals surface area (Å²) in [5.74, 6) is -0.870. The quantitative estimate of drug-likeness (QED) is 0.309. The second-order valence-corrected chi connectivity index (χ2v) is 9.21. The van der Waals surface area contributed by atoms with E-state index in [0.29, 0.717) is 35.8 Å². The fourth-order valence-corrected chi connectivity index (χ4v) is 4.68. The summed E-state index contributed by atoms with van der Waals surface area (Å²) in [4.78, 5) is 42.4. The van der Waals surface area contributed by atoms with Gasteiger partial charge in [0, 0.05) is 30.2 Å². The first-order chi connectivity index (χ1) is 18.9. The van der Waals surface area contributed by atoms with Crippen LogP contribution in [0, 0.1) is 6.92 Å². The number of benzene rings is 3. The molecule has 0 radical (unpaired) electrons. The van der Waals surface area contributed by atoms with E-state index in [1.54, 1.807) is 54.6 Å². The molecular formula is C30H34N4O5. The lowest BCUT2D eigenvalue weighted by Crippen LogP contribution is -2.56. The first-order valence-corrected chi connectivity index (χ1v) is 13.0. The van der Waals surface area contributed by atoms with Gasteiger partial charge in [-0.05, 0) is 51.1 Å². The minimum atomic E-state index is -1.66. The van der Waals surface area contributed by atoms with E-state index in [2.05, 4.69) is 16.0 Å². The van der Waals surface area contributed by atoms with Crippen LogP contribution in [0.2, 0.25) is 0 Å². The fraction of sp³-hybridized carbons (Fsp3) is 0.300. The molecule has 1 aliphatic rings. The molecule has 3 aromatic rings. The highest BCUT2D eigenvalue weighted by atomic mass is 16.7. The van der Waals surface area contributed by atoms with Crippen LogP contribution >= 0.6 is 0 Å². The van der Waals surface area contributed by atoms with E-state index in [4.69, 9.17) is 9.47 Å². The van der Waals surface area contributed by atoms with Gasteiger partial charge in [0.05, 0.1) is 18.7 Å². The SMILES string of the molecule is CCOC(CN1C(=O)[C@@](CC(=O)Nc2ccc(C)cc2)(NC(=O)Nc2ccccc2)c2ccccc21)OCC. The molecule has 4 rings (SSSR count). The third-order valence-corrected chi connectivity index (χ3v) is 6.42. The number of hydrogen-bond donors (Lipinski definition) is 3. The molecule has 0 saturated heterocycles. The molecule has 9 nitrogen and oxygen atoms in total. The smallest absolute Gasteiger partial charge is 0.320 e. The fourth-order valence-electron chi connectivity index (χ4n) is 4.68. The molecule has 39 heavy (non-hydrogen) atoms. The molecule has 0 aliphatic carbocycles. The van der Waals surface area contributed by atoms with E-state index in [1.165, 1.54) is 4.90 Å². The molecule has 0 unspecified atom stereocenters. The van der Waals surface area contributed by atoms with Gasteiger partial charge in [-0.15, -0.1) is 0 Å². The van der Waals surface area contributed by atoms with Gasteiger partial charge in [0.2, 0.25) is 5.91 Å². The monoisotopic (exact) mass is 530 g/mol. The van der Waals surface area contributed by atoms with Gasteiger partial charge in [-0.1, -0.05) is 54.1 Å². The van der Waals surface area contributed by atoms with E-state index in [9.17, 15) is 14.4 Å². The average Bonchev–Trinajstić information content (AvgIpc) is 3.13. The molecule has 0 bridgehead atoms. The Morgan fingerprint density at radius 2 is 1.46 bits per heavy atom. The summed E-state index contributed by atoms with van der Waals surface area (Å²) in [6.45, 7) is 6.55. The first-order valence-electron chi connectivity index (χ1n) is 13.0. The van der Waals surface area contributed by atoms with Crippen LogP contribution in [0.3, 0.4) is 0 Å². The normalized spacial score (nSPS) is 16.2. The summed E-state index contributed by atoms with van der Waals surface area (Å²) in [5, 5.41) is 8.49. The lowest BCUT2D eigenvalue weighted by atomic mass is 9.87. The van der Waals surface area contributed by atoms with Crippen LogP contribution in [0.1, 0.15) is 31.4 Å². The Labute approximate surface area is 228 Å². The summed E-state index contributed by atoms with van der Waals surface area (Å²) in [6, 6.07) is 22.8. The number of aryl methyl sites for hydroxylation is 1. The zero-order chi connectivity index (χ0) is 27.8. The molecule has 3 N–H and O–H groups in total. The van der Waals surface area contributed by atoms with Crippen LogP contribution in [0.25, 0.3) is 0 Å². The van der Waals surface area contributed by atoms with Crippen molar-refractivity contribution >= 4 is 34.9 Å². The summed E-state index contributed by atoms with van der Waals surface area (Å²) < 4.78 is 11.4. The van der Waals surface area contributed by atoms with Crippen LogP contribution < -0.4 is 20.9 Å². The Hall–Kier alpha value is -4.21. The van der Waals surface area contributed by atoms with Gasteiger partial charge in [0.1, 0.15) is 0 Å². The molecule has 1 aliphatic heterocycles. The Morgan fingerprint density at radius 3 is 2.13 bits per heavy atom. The largest absolute Gasteiger partial charge is 0.351 e. The van der Waals surface area contributed by atoms with Crippen molar-refractivity contribution in [3.63, 3.8) is 0 Å². The molecule has 1 atom stereocenters. The molecule has 3 aromatic carbocycles. The lowest BCUT2D eigenvalue weighted by molar-refractivity contribution is -0.138. The van der Waals surface area contributed by atoms with Gasteiger partial charge in [0.25, 0.3) is 5.91 Å². The summed E-state index contributed by atoms with van der Waals surface area (Å²) in [7, 11) is 0. The number of nitrogens with zero attached hydrogens (tertiary/aromatic N) is 1. The number of para-hydroxylation sites is 2. The number of urea groups is 1.